The minimum atomic E-state index is -1.20. The molecule has 6 heteroatoms. The average molecular weight is 317 g/mol. The Morgan fingerprint density at radius 1 is 1.38 bits per heavy atom. The van der Waals surface area contributed by atoms with Crippen molar-refractivity contribution in [2.75, 3.05) is 5.75 Å². The van der Waals surface area contributed by atoms with Crippen LogP contribution in [0.2, 0.25) is 0 Å². The molecule has 122 valence electrons. The van der Waals surface area contributed by atoms with E-state index in [0.717, 1.165) is 12.2 Å². The van der Waals surface area contributed by atoms with Gasteiger partial charge >= 0.3 is 12.1 Å². The fourth-order valence-corrected chi connectivity index (χ4v) is 4.06. The van der Waals surface area contributed by atoms with Crippen molar-refractivity contribution >= 4 is 23.8 Å². The molecule has 0 spiro atoms. The molecule has 1 amide bonds. The minimum Gasteiger partial charge on any atom is -0.479 e. The van der Waals surface area contributed by atoms with E-state index in [-0.39, 0.29) is 11.3 Å². The monoisotopic (exact) mass is 317 g/mol. The number of carboxylic acid groups (broad SMARTS) is 1. The number of thioether (sulfide) groups is 1. The number of hydrogen-bond acceptors (Lipinski definition) is 4. The van der Waals surface area contributed by atoms with Crippen LogP contribution in [0.5, 0.6) is 0 Å². The number of carbonyl (C=O) groups excluding carboxylic acids is 1. The lowest BCUT2D eigenvalue weighted by atomic mass is 9.86. The van der Waals surface area contributed by atoms with Gasteiger partial charge in [0.15, 0.2) is 5.54 Å². The molecule has 1 aliphatic heterocycles. The maximum Gasteiger partial charge on any atom is 0.411 e. The maximum absolute atomic E-state index is 12.6. The van der Waals surface area contributed by atoms with E-state index >= 15 is 0 Å². The highest BCUT2D eigenvalue weighted by molar-refractivity contribution is 8.00. The van der Waals surface area contributed by atoms with Gasteiger partial charge in [-0.25, -0.2) is 9.59 Å². The second-order valence-electron chi connectivity index (χ2n) is 6.79. The molecule has 2 atom stereocenters. The molecular weight excluding hydrogens is 290 g/mol. The first-order chi connectivity index (χ1) is 9.52. The Morgan fingerprint density at radius 3 is 2.33 bits per heavy atom. The van der Waals surface area contributed by atoms with Gasteiger partial charge in [0.25, 0.3) is 0 Å². The van der Waals surface area contributed by atoms with Gasteiger partial charge in [0.05, 0.1) is 0 Å². The van der Waals surface area contributed by atoms with Gasteiger partial charge in [-0.15, -0.1) is 0 Å². The Bertz CT molecular complexity index is 405. The van der Waals surface area contributed by atoms with Crippen LogP contribution in [0.3, 0.4) is 0 Å². The Hall–Kier alpha value is -0.910. The molecule has 1 saturated heterocycles. The van der Waals surface area contributed by atoms with Gasteiger partial charge in [-0.1, -0.05) is 6.92 Å². The predicted molar refractivity (Wildman–Crippen MR) is 84.7 cm³/mol. The van der Waals surface area contributed by atoms with Crippen molar-refractivity contribution in [3.05, 3.63) is 0 Å². The first-order valence-electron chi connectivity index (χ1n) is 7.39. The number of ether oxygens (including phenoxy) is 1. The van der Waals surface area contributed by atoms with Gasteiger partial charge in [0.1, 0.15) is 5.60 Å². The molecule has 21 heavy (non-hydrogen) atoms. The lowest BCUT2D eigenvalue weighted by Gasteiger charge is -2.48. The van der Waals surface area contributed by atoms with Gasteiger partial charge in [-0.05, 0) is 53.2 Å². The van der Waals surface area contributed by atoms with Crippen LogP contribution in [0, 0.1) is 0 Å². The number of amides is 1. The maximum atomic E-state index is 12.6. The Balaban J connectivity index is 3.22. The number of rotatable bonds is 3. The van der Waals surface area contributed by atoms with Crippen molar-refractivity contribution in [2.24, 2.45) is 0 Å². The van der Waals surface area contributed by atoms with Gasteiger partial charge in [0, 0.05) is 11.3 Å². The van der Waals surface area contributed by atoms with Crippen molar-refractivity contribution < 1.29 is 19.4 Å². The highest BCUT2D eigenvalue weighted by Crippen LogP contribution is 2.40. The normalized spacial score (nSPS) is 26.5. The lowest BCUT2D eigenvalue weighted by Crippen LogP contribution is -2.66. The molecule has 0 aromatic rings. The molecule has 1 rings (SSSR count). The molecule has 1 aliphatic rings. The molecule has 0 aromatic carbocycles. The molecule has 0 aromatic heterocycles. The Morgan fingerprint density at radius 2 is 1.95 bits per heavy atom. The molecule has 2 unspecified atom stereocenters. The first-order valence-corrected chi connectivity index (χ1v) is 8.44. The van der Waals surface area contributed by atoms with Crippen molar-refractivity contribution in [1.82, 2.24) is 4.90 Å². The minimum absolute atomic E-state index is 0.168. The van der Waals surface area contributed by atoms with Crippen LogP contribution >= 0.6 is 11.8 Å². The summed E-state index contributed by atoms with van der Waals surface area (Å²) in [5, 5.41) is 9.70. The van der Waals surface area contributed by atoms with Crippen molar-refractivity contribution in [3.8, 4) is 0 Å². The third-order valence-electron chi connectivity index (χ3n) is 3.65. The van der Waals surface area contributed by atoms with Gasteiger partial charge in [-0.3, -0.25) is 4.90 Å². The molecular formula is C15H27NO4S. The predicted octanol–water partition coefficient (Wildman–Crippen LogP) is 3.37. The zero-order valence-electron chi connectivity index (χ0n) is 13.8. The molecule has 0 saturated carbocycles. The first kappa shape index (κ1) is 18.1. The van der Waals surface area contributed by atoms with Crippen LogP contribution in [0.15, 0.2) is 0 Å². The Kier molecular flexibility index (Phi) is 5.58. The van der Waals surface area contributed by atoms with E-state index in [9.17, 15) is 14.7 Å². The number of hydrogen-bond donors (Lipinski definition) is 1. The second-order valence-corrected chi connectivity index (χ2v) is 8.24. The zero-order chi connectivity index (χ0) is 16.4. The van der Waals surface area contributed by atoms with E-state index in [1.165, 1.54) is 4.90 Å². The standard InChI is InChI=1S/C15H27NO4S/c1-10(2)16(13(19)20-14(4,5)6)15(12(17)18)8-7-9-21-11(15)3/h10-11H,7-9H2,1-6H3,(H,17,18). The summed E-state index contributed by atoms with van der Waals surface area (Å²) in [6, 6.07) is -0.239. The molecule has 0 aliphatic carbocycles. The average Bonchev–Trinajstić information content (AvgIpc) is 2.28. The third-order valence-corrected chi connectivity index (χ3v) is 5.06. The fourth-order valence-electron chi connectivity index (χ4n) is 2.79. The van der Waals surface area contributed by atoms with Crippen LogP contribution in [-0.2, 0) is 9.53 Å². The zero-order valence-corrected chi connectivity index (χ0v) is 14.6. The largest absolute Gasteiger partial charge is 0.479 e. The molecule has 5 nitrogen and oxygen atoms in total. The highest BCUT2D eigenvalue weighted by Gasteiger charge is 2.54. The van der Waals surface area contributed by atoms with Gasteiger partial charge < -0.3 is 9.84 Å². The molecule has 1 fully saturated rings. The van der Waals surface area contributed by atoms with Crippen LogP contribution in [-0.4, -0.2) is 50.3 Å². The van der Waals surface area contributed by atoms with Crippen molar-refractivity contribution in [2.45, 2.75) is 76.8 Å². The fraction of sp³-hybridized carbons (Fsp3) is 0.867. The van der Waals surface area contributed by atoms with E-state index in [2.05, 4.69) is 0 Å². The summed E-state index contributed by atoms with van der Waals surface area (Å²) in [6.45, 7) is 10.9. The summed E-state index contributed by atoms with van der Waals surface area (Å²) in [6.07, 6.45) is 0.704. The summed E-state index contributed by atoms with van der Waals surface area (Å²) in [4.78, 5) is 26.1. The second kappa shape index (κ2) is 6.46. The molecule has 1 heterocycles. The van der Waals surface area contributed by atoms with Gasteiger partial charge in [0.2, 0.25) is 0 Å². The summed E-state index contributed by atoms with van der Waals surface area (Å²) >= 11 is 1.60. The molecule has 0 bridgehead atoms. The summed E-state index contributed by atoms with van der Waals surface area (Å²) in [5.41, 5.74) is -1.84. The van der Waals surface area contributed by atoms with E-state index in [1.807, 2.05) is 20.8 Å². The number of carboxylic acids is 1. The smallest absolute Gasteiger partial charge is 0.411 e. The third kappa shape index (κ3) is 3.84. The Labute approximate surface area is 131 Å². The van der Waals surface area contributed by atoms with Crippen LogP contribution < -0.4 is 0 Å². The van der Waals surface area contributed by atoms with Crippen molar-refractivity contribution in [1.29, 1.82) is 0 Å². The number of aliphatic carboxylic acids is 1. The topological polar surface area (TPSA) is 66.8 Å². The lowest BCUT2D eigenvalue weighted by molar-refractivity contribution is -0.153. The SMILES string of the molecule is CC(C)N(C(=O)OC(C)(C)C)C1(C(=O)O)CCCSC1C. The quantitative estimate of drug-likeness (QED) is 0.864. The molecule has 1 N–H and O–H groups in total. The number of carbonyl (C=O) groups is 2. The summed E-state index contributed by atoms with van der Waals surface area (Å²) in [5.74, 6) is -0.0158. The summed E-state index contributed by atoms with van der Waals surface area (Å²) < 4.78 is 5.45. The number of nitrogens with zero attached hydrogens (tertiary/aromatic N) is 1. The van der Waals surface area contributed by atoms with Crippen LogP contribution in [0.4, 0.5) is 4.79 Å². The van der Waals surface area contributed by atoms with Crippen LogP contribution in [0.25, 0.3) is 0 Å². The van der Waals surface area contributed by atoms with Gasteiger partial charge in [-0.2, -0.15) is 11.8 Å². The van der Waals surface area contributed by atoms with E-state index in [1.54, 1.807) is 32.5 Å². The summed E-state index contributed by atoms with van der Waals surface area (Å²) in [7, 11) is 0. The van der Waals surface area contributed by atoms with E-state index in [4.69, 9.17) is 4.74 Å². The van der Waals surface area contributed by atoms with Crippen molar-refractivity contribution in [3.63, 3.8) is 0 Å². The van der Waals surface area contributed by atoms with E-state index in [0.29, 0.717) is 6.42 Å². The molecule has 0 radical (unpaired) electrons. The van der Waals surface area contributed by atoms with E-state index < -0.39 is 23.2 Å². The van der Waals surface area contributed by atoms with Crippen LogP contribution in [0.1, 0.15) is 54.4 Å². The highest BCUT2D eigenvalue weighted by atomic mass is 32.2.